The number of benzene rings is 1. The van der Waals surface area contributed by atoms with Gasteiger partial charge >= 0.3 is 5.97 Å². The fraction of sp³-hybridized carbons (Fsp3) is 0.167. The molecule has 1 atom stereocenters. The highest BCUT2D eigenvalue weighted by Crippen LogP contribution is 2.20. The molecule has 1 heterocycles. The van der Waals surface area contributed by atoms with Crippen molar-refractivity contribution in [3.05, 3.63) is 48.3 Å². The molecule has 0 fully saturated rings. The zero-order chi connectivity index (χ0) is 13.1. The third-order valence-electron chi connectivity index (χ3n) is 2.49. The number of aliphatic hydroxyl groups excluding tert-OH is 1. The largest absolute Gasteiger partial charge is 0.467 e. The summed E-state index contributed by atoms with van der Waals surface area (Å²) in [7, 11) is 1.15. The molecule has 0 saturated carbocycles. The van der Waals surface area contributed by atoms with Gasteiger partial charge in [-0.3, -0.25) is 0 Å². The number of methoxy groups -OCH3 is 1. The number of nitrogens with zero attached hydrogens (tertiary/aromatic N) is 2. The van der Waals surface area contributed by atoms with E-state index in [-0.39, 0.29) is 11.3 Å². The molecule has 0 bridgehead atoms. The van der Waals surface area contributed by atoms with Crippen LogP contribution in [0.1, 0.15) is 11.7 Å². The SMILES string of the molecule is COC(=O)C(O)c1ccc(-n2ccnc2)c(F)c1. The molecule has 2 rings (SSSR count). The Kier molecular flexibility index (Phi) is 3.38. The summed E-state index contributed by atoms with van der Waals surface area (Å²) in [5.74, 6) is -1.39. The maximum Gasteiger partial charge on any atom is 0.339 e. The number of imidazole rings is 1. The van der Waals surface area contributed by atoms with Crippen molar-refractivity contribution in [2.75, 3.05) is 7.11 Å². The van der Waals surface area contributed by atoms with Crippen molar-refractivity contribution >= 4 is 5.97 Å². The molecule has 0 aliphatic rings. The van der Waals surface area contributed by atoms with Crippen LogP contribution in [-0.2, 0) is 9.53 Å². The van der Waals surface area contributed by atoms with E-state index in [0.29, 0.717) is 0 Å². The minimum Gasteiger partial charge on any atom is -0.467 e. The van der Waals surface area contributed by atoms with Crippen molar-refractivity contribution < 1.29 is 19.0 Å². The summed E-state index contributed by atoms with van der Waals surface area (Å²) in [6.07, 6.45) is 3.08. The highest BCUT2D eigenvalue weighted by Gasteiger charge is 2.19. The number of carbonyl (C=O) groups excluding carboxylic acids is 1. The molecule has 1 N–H and O–H groups in total. The number of aromatic nitrogens is 2. The van der Waals surface area contributed by atoms with Crippen LogP contribution in [0.4, 0.5) is 4.39 Å². The Morgan fingerprint density at radius 2 is 2.33 bits per heavy atom. The van der Waals surface area contributed by atoms with Crippen molar-refractivity contribution in [1.29, 1.82) is 0 Å². The van der Waals surface area contributed by atoms with Gasteiger partial charge in [-0.2, -0.15) is 0 Å². The van der Waals surface area contributed by atoms with Crippen LogP contribution in [0.5, 0.6) is 0 Å². The summed E-state index contributed by atoms with van der Waals surface area (Å²) in [4.78, 5) is 14.9. The number of esters is 1. The standard InChI is InChI=1S/C12H11FN2O3/c1-18-12(17)11(16)8-2-3-10(9(13)6-8)15-5-4-14-7-15/h2-7,11,16H,1H3. The van der Waals surface area contributed by atoms with Gasteiger partial charge in [-0.25, -0.2) is 14.2 Å². The van der Waals surface area contributed by atoms with Gasteiger partial charge in [-0.15, -0.1) is 0 Å². The quantitative estimate of drug-likeness (QED) is 0.832. The molecule has 0 radical (unpaired) electrons. The van der Waals surface area contributed by atoms with Crippen molar-refractivity contribution in [2.45, 2.75) is 6.10 Å². The highest BCUT2D eigenvalue weighted by molar-refractivity contribution is 5.76. The molecule has 6 heteroatoms. The predicted molar refractivity (Wildman–Crippen MR) is 60.5 cm³/mol. The lowest BCUT2D eigenvalue weighted by Crippen LogP contribution is -2.13. The van der Waals surface area contributed by atoms with Gasteiger partial charge < -0.3 is 14.4 Å². The molecule has 0 aliphatic carbocycles. The first kappa shape index (κ1) is 12.3. The number of aliphatic hydroxyl groups is 1. The van der Waals surface area contributed by atoms with Crippen LogP contribution < -0.4 is 0 Å². The second kappa shape index (κ2) is 4.97. The van der Waals surface area contributed by atoms with Gasteiger partial charge in [0.15, 0.2) is 6.10 Å². The summed E-state index contributed by atoms with van der Waals surface area (Å²) in [6, 6.07) is 4.01. The van der Waals surface area contributed by atoms with Crippen LogP contribution in [-0.4, -0.2) is 27.7 Å². The van der Waals surface area contributed by atoms with Crippen molar-refractivity contribution in [3.8, 4) is 5.69 Å². The third kappa shape index (κ3) is 2.23. The van der Waals surface area contributed by atoms with Crippen LogP contribution in [0.15, 0.2) is 36.9 Å². The van der Waals surface area contributed by atoms with E-state index in [1.807, 2.05) is 0 Å². The molecular weight excluding hydrogens is 239 g/mol. The Morgan fingerprint density at radius 1 is 1.56 bits per heavy atom. The van der Waals surface area contributed by atoms with Gasteiger partial charge in [-0.1, -0.05) is 6.07 Å². The molecule has 1 aromatic heterocycles. The molecule has 1 unspecified atom stereocenters. The number of halogens is 1. The Morgan fingerprint density at radius 3 is 2.89 bits per heavy atom. The van der Waals surface area contributed by atoms with E-state index < -0.39 is 17.9 Å². The van der Waals surface area contributed by atoms with E-state index >= 15 is 0 Å². The minimum atomic E-state index is -1.48. The third-order valence-corrected chi connectivity index (χ3v) is 2.49. The summed E-state index contributed by atoms with van der Waals surface area (Å²) < 4.78 is 19.7. The van der Waals surface area contributed by atoms with Crippen LogP contribution >= 0.6 is 0 Å². The van der Waals surface area contributed by atoms with Crippen LogP contribution in [0.3, 0.4) is 0 Å². The molecule has 94 valence electrons. The number of ether oxygens (including phenoxy) is 1. The summed E-state index contributed by atoms with van der Waals surface area (Å²) in [6.45, 7) is 0. The number of carbonyl (C=O) groups is 1. The Hall–Kier alpha value is -2.21. The summed E-state index contributed by atoms with van der Waals surface area (Å²) >= 11 is 0. The average molecular weight is 250 g/mol. The van der Waals surface area contributed by atoms with Gasteiger partial charge in [0.25, 0.3) is 0 Å². The first-order valence-electron chi connectivity index (χ1n) is 5.17. The Balaban J connectivity index is 2.33. The monoisotopic (exact) mass is 250 g/mol. The van der Waals surface area contributed by atoms with E-state index in [9.17, 15) is 14.3 Å². The van der Waals surface area contributed by atoms with Crippen LogP contribution in [0.2, 0.25) is 0 Å². The zero-order valence-corrected chi connectivity index (χ0v) is 9.58. The first-order valence-corrected chi connectivity index (χ1v) is 5.17. The molecule has 18 heavy (non-hydrogen) atoms. The first-order chi connectivity index (χ1) is 8.63. The van der Waals surface area contributed by atoms with Crippen LogP contribution in [0.25, 0.3) is 5.69 Å². The zero-order valence-electron chi connectivity index (χ0n) is 9.58. The molecule has 0 saturated heterocycles. The number of rotatable bonds is 3. The van der Waals surface area contributed by atoms with E-state index in [1.165, 1.54) is 29.2 Å². The van der Waals surface area contributed by atoms with Gasteiger partial charge in [0.05, 0.1) is 19.1 Å². The maximum atomic E-state index is 13.8. The lowest BCUT2D eigenvalue weighted by atomic mass is 10.1. The fourth-order valence-electron chi connectivity index (χ4n) is 1.55. The van der Waals surface area contributed by atoms with E-state index in [1.54, 1.807) is 6.20 Å². The lowest BCUT2D eigenvalue weighted by molar-refractivity contribution is -0.150. The molecule has 0 aliphatic heterocycles. The topological polar surface area (TPSA) is 64.3 Å². The van der Waals surface area contributed by atoms with Gasteiger partial charge in [0, 0.05) is 12.4 Å². The smallest absolute Gasteiger partial charge is 0.339 e. The molecular formula is C12H11FN2O3. The molecule has 5 nitrogen and oxygen atoms in total. The van der Waals surface area contributed by atoms with E-state index in [0.717, 1.165) is 13.2 Å². The Bertz CT molecular complexity index is 554. The fourth-order valence-corrected chi connectivity index (χ4v) is 1.55. The van der Waals surface area contributed by atoms with Crippen molar-refractivity contribution in [3.63, 3.8) is 0 Å². The molecule has 0 amide bonds. The second-order valence-corrected chi connectivity index (χ2v) is 3.61. The summed E-state index contributed by atoms with van der Waals surface area (Å²) in [5.41, 5.74) is 0.427. The van der Waals surface area contributed by atoms with Crippen molar-refractivity contribution in [2.24, 2.45) is 0 Å². The van der Waals surface area contributed by atoms with Gasteiger partial charge in [0.2, 0.25) is 0 Å². The van der Waals surface area contributed by atoms with Gasteiger partial charge in [-0.05, 0) is 17.7 Å². The highest BCUT2D eigenvalue weighted by atomic mass is 19.1. The second-order valence-electron chi connectivity index (χ2n) is 3.61. The van der Waals surface area contributed by atoms with Crippen molar-refractivity contribution in [1.82, 2.24) is 9.55 Å². The molecule has 1 aromatic carbocycles. The minimum absolute atomic E-state index is 0.142. The Labute approximate surface area is 102 Å². The normalized spacial score (nSPS) is 12.2. The average Bonchev–Trinajstić information content (AvgIpc) is 2.90. The van der Waals surface area contributed by atoms with Gasteiger partial charge in [0.1, 0.15) is 5.82 Å². The maximum absolute atomic E-state index is 13.8. The van der Waals surface area contributed by atoms with E-state index in [4.69, 9.17) is 0 Å². The van der Waals surface area contributed by atoms with Crippen LogP contribution in [0, 0.1) is 5.82 Å². The predicted octanol–water partition coefficient (Wildman–Crippen LogP) is 1.22. The molecule has 0 spiro atoms. The van der Waals surface area contributed by atoms with E-state index in [2.05, 4.69) is 9.72 Å². The molecule has 2 aromatic rings. The summed E-state index contributed by atoms with van der Waals surface area (Å²) in [5, 5.41) is 9.57. The number of hydrogen-bond acceptors (Lipinski definition) is 4. The lowest BCUT2D eigenvalue weighted by Gasteiger charge is -2.10. The number of hydrogen-bond donors (Lipinski definition) is 1.